The van der Waals surface area contributed by atoms with E-state index in [1.165, 1.54) is 12.5 Å². The summed E-state index contributed by atoms with van der Waals surface area (Å²) in [5, 5.41) is 0.339. The lowest BCUT2D eigenvalue weighted by Gasteiger charge is -2.38. The molecule has 3 N–H and O–H groups in total. The highest BCUT2D eigenvalue weighted by Crippen LogP contribution is 2.66. The van der Waals surface area contributed by atoms with Gasteiger partial charge in [-0.1, -0.05) is 32.5 Å². The van der Waals surface area contributed by atoms with Gasteiger partial charge in [0.1, 0.15) is 11.9 Å². The van der Waals surface area contributed by atoms with Gasteiger partial charge in [0.15, 0.2) is 5.16 Å². The maximum Gasteiger partial charge on any atom is 0.316 e. The summed E-state index contributed by atoms with van der Waals surface area (Å²) in [4.78, 5) is 30.1. The van der Waals surface area contributed by atoms with Crippen LogP contribution in [0.3, 0.4) is 0 Å². The Morgan fingerprint density at radius 1 is 1.52 bits per heavy atom. The maximum absolute atomic E-state index is 12.2. The molecule has 2 bridgehead atoms. The van der Waals surface area contributed by atoms with Crippen molar-refractivity contribution in [2.45, 2.75) is 51.3 Å². The summed E-state index contributed by atoms with van der Waals surface area (Å²) in [6.07, 6.45) is 3.27. The topological polar surface area (TPSA) is 98.1 Å². The van der Waals surface area contributed by atoms with Gasteiger partial charge in [0, 0.05) is 11.5 Å². The van der Waals surface area contributed by atoms with Crippen LogP contribution in [0.4, 0.5) is 5.82 Å². The molecule has 126 valence electrons. The molecule has 2 saturated carbocycles. The van der Waals surface area contributed by atoms with E-state index in [2.05, 4.69) is 30.7 Å². The van der Waals surface area contributed by atoms with Gasteiger partial charge in [0.25, 0.3) is 5.56 Å². The number of H-pyrrole nitrogens is 1. The molecule has 3 atom stereocenters. The van der Waals surface area contributed by atoms with Crippen LogP contribution in [-0.2, 0) is 9.53 Å². The van der Waals surface area contributed by atoms with Crippen molar-refractivity contribution in [3.63, 3.8) is 0 Å². The summed E-state index contributed by atoms with van der Waals surface area (Å²) >= 11 is 1.14. The van der Waals surface area contributed by atoms with E-state index in [9.17, 15) is 9.59 Å². The number of hydrogen-bond acceptors (Lipinski definition) is 6. The number of nitrogens with zero attached hydrogens (tertiary/aromatic N) is 1. The van der Waals surface area contributed by atoms with E-state index in [-0.39, 0.29) is 40.0 Å². The first-order valence-corrected chi connectivity index (χ1v) is 8.90. The number of ether oxygens (including phenoxy) is 1. The van der Waals surface area contributed by atoms with Crippen LogP contribution in [0, 0.1) is 16.7 Å². The number of carbonyl (C=O) groups is 1. The van der Waals surface area contributed by atoms with Crippen LogP contribution in [0.15, 0.2) is 16.0 Å². The van der Waals surface area contributed by atoms with Crippen molar-refractivity contribution in [3.8, 4) is 0 Å². The standard InChI is InChI=1S/C16H23N3O3S/c1-15(2)9-4-5-16(15,3)10(6-9)22-13(21)8-23-14-18-11(17)7-12(20)19-14/h7,9-10H,4-6,8H2,1-3H3,(H3,17,18,19,20)/t9-,10-,16+/m0/s1. The predicted molar refractivity (Wildman–Crippen MR) is 89.1 cm³/mol. The first-order valence-electron chi connectivity index (χ1n) is 7.91. The average Bonchev–Trinajstić information content (AvgIpc) is 2.77. The zero-order valence-corrected chi connectivity index (χ0v) is 14.5. The Kier molecular flexibility index (Phi) is 3.94. The summed E-state index contributed by atoms with van der Waals surface area (Å²) in [6, 6.07) is 1.21. The van der Waals surface area contributed by atoms with Gasteiger partial charge in [-0.3, -0.25) is 9.59 Å². The van der Waals surface area contributed by atoms with Crippen molar-refractivity contribution in [1.82, 2.24) is 9.97 Å². The SMILES string of the molecule is CC1(C)[C@H]2CC[C@]1(C)[C@@H](OC(=O)CSc1nc(N)cc(=O)[nH]1)C2. The Hall–Kier alpha value is -1.50. The molecule has 6 nitrogen and oxygen atoms in total. The molecule has 23 heavy (non-hydrogen) atoms. The molecule has 1 aromatic heterocycles. The zero-order chi connectivity index (χ0) is 16.8. The highest BCUT2D eigenvalue weighted by Gasteiger charge is 2.62. The molecule has 0 aliphatic heterocycles. The maximum atomic E-state index is 12.2. The molecule has 0 saturated heterocycles. The van der Waals surface area contributed by atoms with Gasteiger partial charge in [0.2, 0.25) is 0 Å². The predicted octanol–water partition coefficient (Wildman–Crippen LogP) is 2.20. The number of thioether (sulfide) groups is 1. The highest BCUT2D eigenvalue weighted by molar-refractivity contribution is 7.99. The van der Waals surface area contributed by atoms with Gasteiger partial charge in [-0.2, -0.15) is 0 Å². The van der Waals surface area contributed by atoms with Crippen LogP contribution in [0.5, 0.6) is 0 Å². The van der Waals surface area contributed by atoms with E-state index < -0.39 is 0 Å². The molecule has 3 rings (SSSR count). The molecule has 0 unspecified atom stereocenters. The first kappa shape index (κ1) is 16.4. The van der Waals surface area contributed by atoms with E-state index in [1.54, 1.807) is 0 Å². The number of nitrogens with two attached hydrogens (primary N) is 1. The summed E-state index contributed by atoms with van der Waals surface area (Å²) in [5.41, 5.74) is 5.47. The second-order valence-corrected chi connectivity index (χ2v) is 8.32. The highest BCUT2D eigenvalue weighted by atomic mass is 32.2. The molecular formula is C16H23N3O3S. The number of nitrogens with one attached hydrogen (secondary N) is 1. The molecule has 0 radical (unpaired) electrons. The van der Waals surface area contributed by atoms with Crippen LogP contribution >= 0.6 is 11.8 Å². The van der Waals surface area contributed by atoms with Gasteiger partial charge in [-0.25, -0.2) is 4.98 Å². The molecule has 0 aromatic carbocycles. The van der Waals surface area contributed by atoms with Crippen molar-refractivity contribution in [1.29, 1.82) is 0 Å². The fraction of sp³-hybridized carbons (Fsp3) is 0.688. The smallest absolute Gasteiger partial charge is 0.316 e. The monoisotopic (exact) mass is 337 g/mol. The number of nitrogen functional groups attached to an aromatic ring is 1. The molecule has 0 spiro atoms. The molecule has 7 heteroatoms. The van der Waals surface area contributed by atoms with Crippen LogP contribution in [0.25, 0.3) is 0 Å². The second-order valence-electron chi connectivity index (χ2n) is 7.35. The van der Waals surface area contributed by atoms with E-state index in [1.807, 2.05) is 0 Å². The van der Waals surface area contributed by atoms with E-state index in [4.69, 9.17) is 10.5 Å². The van der Waals surface area contributed by atoms with Crippen molar-refractivity contribution in [2.24, 2.45) is 16.7 Å². The van der Waals surface area contributed by atoms with Gasteiger partial charge < -0.3 is 15.5 Å². The van der Waals surface area contributed by atoms with Crippen molar-refractivity contribution in [2.75, 3.05) is 11.5 Å². The number of hydrogen-bond donors (Lipinski definition) is 2. The number of esters is 1. The molecule has 2 fully saturated rings. The Labute approximate surface area is 139 Å². The third kappa shape index (κ3) is 2.75. The quantitative estimate of drug-likeness (QED) is 0.496. The lowest BCUT2D eigenvalue weighted by atomic mass is 9.70. The molecule has 1 heterocycles. The Bertz CT molecular complexity index is 687. The number of fused-ring (bicyclic) bond motifs is 2. The van der Waals surface area contributed by atoms with E-state index >= 15 is 0 Å². The lowest BCUT2D eigenvalue weighted by Crippen LogP contribution is -2.38. The van der Waals surface area contributed by atoms with Gasteiger partial charge >= 0.3 is 5.97 Å². The summed E-state index contributed by atoms with van der Waals surface area (Å²) < 4.78 is 5.76. The fourth-order valence-electron chi connectivity index (χ4n) is 4.15. The molecular weight excluding hydrogens is 314 g/mol. The third-order valence-electron chi connectivity index (χ3n) is 6.05. The molecule has 0 amide bonds. The minimum atomic E-state index is -0.323. The summed E-state index contributed by atoms with van der Waals surface area (Å²) in [6.45, 7) is 6.81. The minimum Gasteiger partial charge on any atom is -0.461 e. The number of aromatic nitrogens is 2. The molecule has 2 aliphatic rings. The van der Waals surface area contributed by atoms with Gasteiger partial charge in [0.05, 0.1) is 5.75 Å². The normalized spacial score (nSPS) is 31.3. The largest absolute Gasteiger partial charge is 0.461 e. The first-order chi connectivity index (χ1) is 10.7. The van der Waals surface area contributed by atoms with Crippen molar-refractivity contribution < 1.29 is 9.53 Å². The number of carbonyl (C=O) groups excluding carboxylic acids is 1. The van der Waals surface area contributed by atoms with Gasteiger partial charge in [-0.15, -0.1) is 0 Å². The number of aromatic amines is 1. The number of anilines is 1. The summed E-state index contributed by atoms with van der Waals surface area (Å²) in [5.74, 6) is 0.621. The average molecular weight is 337 g/mol. The van der Waals surface area contributed by atoms with Crippen LogP contribution in [0.2, 0.25) is 0 Å². The van der Waals surface area contributed by atoms with Crippen LogP contribution < -0.4 is 11.3 Å². The minimum absolute atomic E-state index is 0.0165. The fourth-order valence-corrected chi connectivity index (χ4v) is 4.82. The zero-order valence-electron chi connectivity index (χ0n) is 13.7. The van der Waals surface area contributed by atoms with Crippen LogP contribution in [0.1, 0.15) is 40.0 Å². The van der Waals surface area contributed by atoms with E-state index in [0.29, 0.717) is 11.1 Å². The molecule has 1 aromatic rings. The second kappa shape index (κ2) is 5.54. The van der Waals surface area contributed by atoms with Crippen molar-refractivity contribution >= 4 is 23.5 Å². The van der Waals surface area contributed by atoms with E-state index in [0.717, 1.165) is 24.6 Å². The third-order valence-corrected chi connectivity index (χ3v) is 6.90. The number of rotatable bonds is 4. The van der Waals surface area contributed by atoms with Gasteiger partial charge in [-0.05, 0) is 30.6 Å². The van der Waals surface area contributed by atoms with Crippen molar-refractivity contribution in [3.05, 3.63) is 16.4 Å². The Morgan fingerprint density at radius 3 is 2.83 bits per heavy atom. The Balaban J connectivity index is 1.59. The summed E-state index contributed by atoms with van der Waals surface area (Å²) in [7, 11) is 0. The Morgan fingerprint density at radius 2 is 2.26 bits per heavy atom. The lowest BCUT2D eigenvalue weighted by molar-refractivity contribution is -0.153. The molecule has 2 aliphatic carbocycles. The van der Waals surface area contributed by atoms with Crippen LogP contribution in [-0.4, -0.2) is 27.8 Å².